The van der Waals surface area contributed by atoms with Gasteiger partial charge in [-0.05, 0) is 43.9 Å². The molecule has 130 valence electrons. The van der Waals surface area contributed by atoms with Gasteiger partial charge >= 0.3 is 6.03 Å². The number of hydrogen-bond acceptors (Lipinski definition) is 3. The number of anilines is 1. The van der Waals surface area contributed by atoms with Crippen molar-refractivity contribution in [2.24, 2.45) is 5.92 Å². The molecule has 24 heavy (non-hydrogen) atoms. The second kappa shape index (κ2) is 7.21. The molecule has 0 aliphatic carbocycles. The summed E-state index contributed by atoms with van der Waals surface area (Å²) in [4.78, 5) is 37.7. The third-order valence-corrected chi connectivity index (χ3v) is 4.21. The topological polar surface area (TPSA) is 78.5 Å². The van der Waals surface area contributed by atoms with Crippen LogP contribution in [0.4, 0.5) is 10.5 Å². The Labute approximate surface area is 146 Å². The molecule has 1 aliphatic heterocycles. The SMILES string of the molecule is CC(C)CC[C@@]1(C)NC(=O)N(CC(=O)Nc2cccc(Cl)c2)C1=O. The van der Waals surface area contributed by atoms with E-state index in [0.29, 0.717) is 23.0 Å². The molecule has 2 rings (SSSR count). The Balaban J connectivity index is 2.00. The molecule has 0 saturated carbocycles. The predicted octanol–water partition coefficient (Wildman–Crippen LogP) is 3.03. The zero-order valence-corrected chi connectivity index (χ0v) is 14.8. The Kier molecular flexibility index (Phi) is 5.49. The molecule has 1 fully saturated rings. The largest absolute Gasteiger partial charge is 0.325 e. The second-order valence-corrected chi connectivity index (χ2v) is 7.08. The van der Waals surface area contributed by atoms with Crippen LogP contribution in [0.1, 0.15) is 33.6 Å². The molecule has 7 heteroatoms. The lowest BCUT2D eigenvalue weighted by Crippen LogP contribution is -2.44. The molecule has 1 aliphatic rings. The van der Waals surface area contributed by atoms with Crippen molar-refractivity contribution in [3.05, 3.63) is 29.3 Å². The Hall–Kier alpha value is -2.08. The molecular formula is C17H22ClN3O3. The van der Waals surface area contributed by atoms with Gasteiger partial charge in [0.25, 0.3) is 5.91 Å². The molecular weight excluding hydrogens is 330 g/mol. The average molecular weight is 352 g/mol. The van der Waals surface area contributed by atoms with Crippen LogP contribution in [0.25, 0.3) is 0 Å². The van der Waals surface area contributed by atoms with Crippen LogP contribution in [0, 0.1) is 5.92 Å². The molecule has 2 N–H and O–H groups in total. The first-order valence-corrected chi connectivity index (χ1v) is 8.28. The molecule has 0 radical (unpaired) electrons. The fourth-order valence-corrected chi connectivity index (χ4v) is 2.74. The van der Waals surface area contributed by atoms with E-state index in [0.717, 1.165) is 11.3 Å². The summed E-state index contributed by atoms with van der Waals surface area (Å²) in [5, 5.41) is 5.82. The van der Waals surface area contributed by atoms with E-state index in [2.05, 4.69) is 24.5 Å². The summed E-state index contributed by atoms with van der Waals surface area (Å²) in [6, 6.07) is 6.14. The highest BCUT2D eigenvalue weighted by Crippen LogP contribution is 2.24. The third kappa shape index (κ3) is 4.26. The minimum absolute atomic E-state index is 0.325. The van der Waals surface area contributed by atoms with Crippen molar-refractivity contribution >= 4 is 35.1 Å². The third-order valence-electron chi connectivity index (χ3n) is 3.98. The minimum atomic E-state index is -0.947. The van der Waals surface area contributed by atoms with Crippen LogP contribution in [0.5, 0.6) is 0 Å². The average Bonchev–Trinajstić information content (AvgIpc) is 2.69. The smallest absolute Gasteiger partial charge is 0.324 e. The fourth-order valence-electron chi connectivity index (χ4n) is 2.55. The quantitative estimate of drug-likeness (QED) is 0.773. The maximum atomic E-state index is 12.5. The molecule has 6 nitrogen and oxygen atoms in total. The van der Waals surface area contributed by atoms with Gasteiger partial charge in [0.15, 0.2) is 0 Å². The van der Waals surface area contributed by atoms with Gasteiger partial charge in [-0.3, -0.25) is 14.5 Å². The van der Waals surface area contributed by atoms with E-state index in [4.69, 9.17) is 11.6 Å². The van der Waals surface area contributed by atoms with Crippen molar-refractivity contribution in [3.8, 4) is 0 Å². The van der Waals surface area contributed by atoms with Crippen molar-refractivity contribution in [1.82, 2.24) is 10.2 Å². The number of amides is 4. The molecule has 1 saturated heterocycles. The van der Waals surface area contributed by atoms with Gasteiger partial charge in [0.05, 0.1) is 0 Å². The molecule has 0 aromatic heterocycles. The minimum Gasteiger partial charge on any atom is -0.324 e. The van der Waals surface area contributed by atoms with E-state index in [9.17, 15) is 14.4 Å². The molecule has 1 atom stereocenters. The van der Waals surface area contributed by atoms with Gasteiger partial charge in [0.1, 0.15) is 12.1 Å². The maximum Gasteiger partial charge on any atom is 0.325 e. The summed E-state index contributed by atoms with van der Waals surface area (Å²) in [6.07, 6.45) is 1.35. The number of benzene rings is 1. The van der Waals surface area contributed by atoms with Gasteiger partial charge in [0, 0.05) is 10.7 Å². The number of rotatable bonds is 6. The van der Waals surface area contributed by atoms with Gasteiger partial charge in [-0.25, -0.2) is 4.79 Å². The summed E-state index contributed by atoms with van der Waals surface area (Å²) in [6.45, 7) is 5.49. The van der Waals surface area contributed by atoms with E-state index in [1.807, 2.05) is 0 Å². The highest BCUT2D eigenvalue weighted by atomic mass is 35.5. The number of imide groups is 1. The zero-order chi connectivity index (χ0) is 17.9. The van der Waals surface area contributed by atoms with Crippen molar-refractivity contribution in [1.29, 1.82) is 0 Å². The van der Waals surface area contributed by atoms with Crippen LogP contribution >= 0.6 is 11.6 Å². The van der Waals surface area contributed by atoms with Crippen LogP contribution in [0.3, 0.4) is 0 Å². The lowest BCUT2D eigenvalue weighted by atomic mass is 9.92. The normalized spacial score (nSPS) is 20.5. The Bertz CT molecular complexity index is 662. The highest BCUT2D eigenvalue weighted by Gasteiger charge is 2.47. The molecule has 4 amide bonds. The van der Waals surface area contributed by atoms with Crippen LogP contribution in [0.2, 0.25) is 5.02 Å². The van der Waals surface area contributed by atoms with Crippen molar-refractivity contribution in [3.63, 3.8) is 0 Å². The number of urea groups is 1. The van der Waals surface area contributed by atoms with E-state index in [1.54, 1.807) is 31.2 Å². The van der Waals surface area contributed by atoms with Gasteiger partial charge in [-0.2, -0.15) is 0 Å². The van der Waals surface area contributed by atoms with Gasteiger partial charge in [-0.1, -0.05) is 31.5 Å². The number of carbonyl (C=O) groups excluding carboxylic acids is 3. The molecule has 1 heterocycles. The zero-order valence-electron chi connectivity index (χ0n) is 14.1. The fraction of sp³-hybridized carbons (Fsp3) is 0.471. The number of carbonyl (C=O) groups is 3. The van der Waals surface area contributed by atoms with Crippen LogP contribution in [-0.4, -0.2) is 34.8 Å². The van der Waals surface area contributed by atoms with Crippen LogP contribution < -0.4 is 10.6 Å². The Morgan fingerprint density at radius 3 is 2.71 bits per heavy atom. The van der Waals surface area contributed by atoms with Gasteiger partial charge in [0.2, 0.25) is 5.91 Å². The van der Waals surface area contributed by atoms with Crippen molar-refractivity contribution < 1.29 is 14.4 Å². The van der Waals surface area contributed by atoms with Gasteiger partial charge < -0.3 is 10.6 Å². The number of halogens is 1. The van der Waals surface area contributed by atoms with E-state index in [-0.39, 0.29) is 12.5 Å². The maximum absolute atomic E-state index is 12.5. The monoisotopic (exact) mass is 351 g/mol. The summed E-state index contributed by atoms with van der Waals surface area (Å²) in [5.41, 5.74) is -0.431. The lowest BCUT2D eigenvalue weighted by Gasteiger charge is -2.22. The summed E-state index contributed by atoms with van der Waals surface area (Å²) in [5.74, 6) is -0.394. The molecule has 1 aromatic carbocycles. The molecule has 1 aromatic rings. The van der Waals surface area contributed by atoms with E-state index >= 15 is 0 Å². The molecule has 0 unspecified atom stereocenters. The standard InChI is InChI=1S/C17H22ClN3O3/c1-11(2)7-8-17(3)15(23)21(16(24)20-17)10-14(22)19-13-6-4-5-12(18)9-13/h4-6,9,11H,7-8,10H2,1-3H3,(H,19,22)(H,20,24)/t17-/m1/s1. The number of nitrogens with zero attached hydrogens (tertiary/aromatic N) is 1. The van der Waals surface area contributed by atoms with Crippen molar-refractivity contribution in [2.75, 3.05) is 11.9 Å². The lowest BCUT2D eigenvalue weighted by molar-refractivity contribution is -0.133. The second-order valence-electron chi connectivity index (χ2n) is 6.64. The summed E-state index contributed by atoms with van der Waals surface area (Å²) >= 11 is 5.86. The van der Waals surface area contributed by atoms with Crippen LogP contribution in [0.15, 0.2) is 24.3 Å². The van der Waals surface area contributed by atoms with E-state index < -0.39 is 17.5 Å². The molecule has 0 spiro atoms. The first kappa shape index (κ1) is 18.3. The Morgan fingerprint density at radius 1 is 1.38 bits per heavy atom. The first-order valence-electron chi connectivity index (χ1n) is 7.91. The number of hydrogen-bond donors (Lipinski definition) is 2. The van der Waals surface area contributed by atoms with Crippen molar-refractivity contribution in [2.45, 2.75) is 39.2 Å². The van der Waals surface area contributed by atoms with Crippen LogP contribution in [-0.2, 0) is 9.59 Å². The predicted molar refractivity (Wildman–Crippen MR) is 92.8 cm³/mol. The summed E-state index contributed by atoms with van der Waals surface area (Å²) < 4.78 is 0. The van der Waals surface area contributed by atoms with E-state index in [1.165, 1.54) is 0 Å². The highest BCUT2D eigenvalue weighted by molar-refractivity contribution is 6.30. The summed E-state index contributed by atoms with van der Waals surface area (Å²) in [7, 11) is 0. The number of nitrogens with one attached hydrogen (secondary N) is 2. The molecule has 0 bridgehead atoms. The first-order chi connectivity index (χ1) is 11.2. The van der Waals surface area contributed by atoms with Gasteiger partial charge in [-0.15, -0.1) is 0 Å². The Morgan fingerprint density at radius 2 is 2.08 bits per heavy atom.